The smallest absolute Gasteiger partial charge is 0.251 e. The Morgan fingerprint density at radius 2 is 1.93 bits per heavy atom. The van der Waals surface area contributed by atoms with E-state index < -0.39 is 5.82 Å². The summed E-state index contributed by atoms with van der Waals surface area (Å²) in [4.78, 5) is 24.3. The van der Waals surface area contributed by atoms with E-state index in [-0.39, 0.29) is 18.3 Å². The van der Waals surface area contributed by atoms with Gasteiger partial charge in [0.2, 0.25) is 0 Å². The minimum Gasteiger partial charge on any atom is -0.484 e. The van der Waals surface area contributed by atoms with Crippen molar-refractivity contribution in [1.82, 2.24) is 14.9 Å². The number of nitrogens with zero attached hydrogens (tertiary/aromatic N) is 3. The Balaban J connectivity index is 1.14. The molecule has 4 aromatic rings. The molecule has 214 valence electrons. The van der Waals surface area contributed by atoms with Crippen LogP contribution in [0.5, 0.6) is 5.75 Å². The largest absolute Gasteiger partial charge is 0.484 e. The molecular formula is C32H36FN5O2S. The maximum absolute atomic E-state index is 14.7. The summed E-state index contributed by atoms with van der Waals surface area (Å²) in [7, 11) is 0. The number of thiazole rings is 1. The van der Waals surface area contributed by atoms with Crippen LogP contribution < -0.4 is 15.4 Å². The number of carbonyl (C=O) groups is 1. The molecule has 0 aliphatic carbocycles. The molecule has 1 amide bonds. The van der Waals surface area contributed by atoms with Gasteiger partial charge in [0.25, 0.3) is 5.91 Å². The molecule has 3 heterocycles. The third-order valence-electron chi connectivity index (χ3n) is 7.19. The van der Waals surface area contributed by atoms with Crippen LogP contribution in [0.25, 0.3) is 10.2 Å². The maximum Gasteiger partial charge on any atom is 0.251 e. The second-order valence-electron chi connectivity index (χ2n) is 10.2. The van der Waals surface area contributed by atoms with Crippen LogP contribution in [0, 0.1) is 5.82 Å². The second-order valence-corrected chi connectivity index (χ2v) is 11.2. The number of rotatable bonds is 12. The number of anilines is 3. The number of fused-ring (bicyclic) bond motifs is 1. The Hall–Kier alpha value is -3.82. The van der Waals surface area contributed by atoms with Gasteiger partial charge in [-0.05, 0) is 101 Å². The number of hydrogen-bond donors (Lipinski definition) is 2. The van der Waals surface area contributed by atoms with E-state index in [0.717, 1.165) is 53.0 Å². The summed E-state index contributed by atoms with van der Waals surface area (Å²) < 4.78 is 21.2. The molecule has 2 aromatic heterocycles. The molecule has 1 aliphatic rings. The number of carbonyl (C=O) groups excluding carboxylic acids is 1. The van der Waals surface area contributed by atoms with Gasteiger partial charge in [-0.3, -0.25) is 9.78 Å². The van der Waals surface area contributed by atoms with Gasteiger partial charge in [0, 0.05) is 29.2 Å². The molecule has 0 radical (unpaired) electrons. The van der Waals surface area contributed by atoms with Crippen LogP contribution >= 0.6 is 11.3 Å². The zero-order chi connectivity index (χ0) is 28.4. The molecule has 0 saturated carbocycles. The first-order valence-electron chi connectivity index (χ1n) is 14.3. The summed E-state index contributed by atoms with van der Waals surface area (Å²) in [5.74, 6) is -0.370. The molecule has 0 unspecified atom stereocenters. The highest BCUT2D eigenvalue weighted by Gasteiger charge is 2.13. The van der Waals surface area contributed by atoms with Gasteiger partial charge in [-0.1, -0.05) is 29.9 Å². The molecule has 7 nitrogen and oxygen atoms in total. The number of ether oxygens (including phenoxy) is 1. The molecule has 1 fully saturated rings. The normalized spacial score (nSPS) is 14.2. The maximum atomic E-state index is 14.7. The van der Waals surface area contributed by atoms with Gasteiger partial charge in [-0.2, -0.15) is 0 Å². The van der Waals surface area contributed by atoms with Crippen molar-refractivity contribution in [2.75, 3.05) is 30.3 Å². The lowest BCUT2D eigenvalue weighted by atomic mass is 10.1. The molecule has 2 aromatic carbocycles. The van der Waals surface area contributed by atoms with Crippen LogP contribution in [0.2, 0.25) is 0 Å². The quantitative estimate of drug-likeness (QED) is 0.134. The van der Waals surface area contributed by atoms with Crippen molar-refractivity contribution in [2.45, 2.75) is 52.1 Å². The lowest BCUT2D eigenvalue weighted by Crippen LogP contribution is -2.30. The summed E-state index contributed by atoms with van der Waals surface area (Å²) in [5.41, 5.74) is 3.63. The summed E-state index contributed by atoms with van der Waals surface area (Å²) in [5, 5.41) is 6.85. The fraction of sp³-hybridized carbons (Fsp3) is 0.344. The van der Waals surface area contributed by atoms with Crippen molar-refractivity contribution in [3.05, 3.63) is 84.0 Å². The Kier molecular flexibility index (Phi) is 9.93. The number of halogens is 1. The molecule has 0 bridgehead atoms. The van der Waals surface area contributed by atoms with Gasteiger partial charge in [-0.15, -0.1) is 0 Å². The summed E-state index contributed by atoms with van der Waals surface area (Å²) in [6.07, 6.45) is 10.4. The lowest BCUT2D eigenvalue weighted by Gasteiger charge is -2.26. The van der Waals surface area contributed by atoms with E-state index in [1.807, 2.05) is 49.4 Å². The number of likely N-dealkylation sites (tertiary alicyclic amines) is 1. The minimum absolute atomic E-state index is 0.0616. The molecule has 1 saturated heterocycles. The average molecular weight is 574 g/mol. The standard InChI is InChI=1S/C32H36FN5O2S/c1-2-23(10-5-9-19-38-17-7-3-8-18-38)31(39)35-25-12-14-28-30(21-25)41-32(37-28)36-24-13-15-29(27(33)20-24)40-22-26-11-4-6-16-34-26/h2,4,6,11-16,20-21H,3,5,7-10,17-19,22H2,1H3,(H,35,39)(H,36,37)/b23-2+. The SMILES string of the molecule is C/C=C(\CCCCN1CCCCC1)C(=O)Nc1ccc2nc(Nc3ccc(OCc4ccccn4)c(F)c3)sc2c1. The number of pyridine rings is 1. The Morgan fingerprint density at radius 1 is 1.07 bits per heavy atom. The van der Waals surface area contributed by atoms with E-state index in [1.165, 1.54) is 49.8 Å². The first-order chi connectivity index (χ1) is 20.1. The molecule has 41 heavy (non-hydrogen) atoms. The Labute approximate surface area is 244 Å². The van der Waals surface area contributed by atoms with Gasteiger partial charge < -0.3 is 20.3 Å². The van der Waals surface area contributed by atoms with E-state index in [4.69, 9.17) is 4.74 Å². The van der Waals surface area contributed by atoms with E-state index >= 15 is 0 Å². The van der Waals surface area contributed by atoms with E-state index in [2.05, 4.69) is 25.5 Å². The van der Waals surface area contributed by atoms with E-state index in [0.29, 0.717) is 10.8 Å². The van der Waals surface area contributed by atoms with Crippen molar-refractivity contribution >= 4 is 44.0 Å². The summed E-state index contributed by atoms with van der Waals surface area (Å²) in [6, 6.07) is 15.9. The highest BCUT2D eigenvalue weighted by atomic mass is 32.1. The third-order valence-corrected chi connectivity index (χ3v) is 8.12. The molecule has 5 rings (SSSR count). The highest BCUT2D eigenvalue weighted by molar-refractivity contribution is 7.22. The zero-order valence-corrected chi connectivity index (χ0v) is 24.2. The predicted molar refractivity (Wildman–Crippen MR) is 164 cm³/mol. The van der Waals surface area contributed by atoms with Crippen molar-refractivity contribution in [3.63, 3.8) is 0 Å². The number of aromatic nitrogens is 2. The van der Waals surface area contributed by atoms with Gasteiger partial charge in [0.1, 0.15) is 6.61 Å². The molecule has 9 heteroatoms. The topological polar surface area (TPSA) is 79.4 Å². The van der Waals surface area contributed by atoms with Crippen LogP contribution in [0.15, 0.2) is 72.4 Å². The van der Waals surface area contributed by atoms with Crippen LogP contribution in [0.1, 0.15) is 51.1 Å². The van der Waals surface area contributed by atoms with Crippen LogP contribution in [-0.2, 0) is 11.4 Å². The van der Waals surface area contributed by atoms with Crippen molar-refractivity contribution in [2.24, 2.45) is 0 Å². The minimum atomic E-state index is -0.469. The van der Waals surface area contributed by atoms with E-state index in [1.54, 1.807) is 18.3 Å². The average Bonchev–Trinajstić information content (AvgIpc) is 3.39. The second kappa shape index (κ2) is 14.2. The first-order valence-corrected chi connectivity index (χ1v) is 15.1. The lowest BCUT2D eigenvalue weighted by molar-refractivity contribution is -0.113. The summed E-state index contributed by atoms with van der Waals surface area (Å²) in [6.45, 7) is 5.65. The molecule has 0 spiro atoms. The van der Waals surface area contributed by atoms with Crippen molar-refractivity contribution < 1.29 is 13.9 Å². The van der Waals surface area contributed by atoms with Crippen molar-refractivity contribution in [1.29, 1.82) is 0 Å². The molecule has 0 atom stereocenters. The monoisotopic (exact) mass is 573 g/mol. The van der Waals surface area contributed by atoms with Crippen LogP contribution in [-0.4, -0.2) is 40.4 Å². The number of unbranched alkanes of at least 4 members (excludes halogenated alkanes) is 1. The third kappa shape index (κ3) is 8.11. The highest BCUT2D eigenvalue weighted by Crippen LogP contribution is 2.32. The van der Waals surface area contributed by atoms with Crippen LogP contribution in [0.4, 0.5) is 20.9 Å². The van der Waals surface area contributed by atoms with Gasteiger partial charge in [0.05, 0.1) is 15.9 Å². The Morgan fingerprint density at radius 3 is 2.71 bits per heavy atom. The number of piperidine rings is 1. The fourth-order valence-corrected chi connectivity index (χ4v) is 5.87. The number of hydrogen-bond acceptors (Lipinski definition) is 7. The number of allylic oxidation sites excluding steroid dienone is 1. The number of nitrogens with one attached hydrogen (secondary N) is 2. The zero-order valence-electron chi connectivity index (χ0n) is 23.4. The van der Waals surface area contributed by atoms with Crippen LogP contribution in [0.3, 0.4) is 0 Å². The van der Waals surface area contributed by atoms with Crippen molar-refractivity contribution in [3.8, 4) is 5.75 Å². The van der Waals surface area contributed by atoms with Gasteiger partial charge in [-0.25, -0.2) is 9.37 Å². The predicted octanol–water partition coefficient (Wildman–Crippen LogP) is 7.69. The van der Waals surface area contributed by atoms with Gasteiger partial charge >= 0.3 is 0 Å². The Bertz CT molecular complexity index is 1480. The molecule has 2 N–H and O–H groups in total. The van der Waals surface area contributed by atoms with E-state index in [9.17, 15) is 9.18 Å². The fourth-order valence-electron chi connectivity index (χ4n) is 4.94. The molecule has 1 aliphatic heterocycles. The molecular weight excluding hydrogens is 537 g/mol. The van der Waals surface area contributed by atoms with Gasteiger partial charge in [0.15, 0.2) is 16.7 Å². The number of amides is 1. The first kappa shape index (κ1) is 28.7. The summed E-state index contributed by atoms with van der Waals surface area (Å²) >= 11 is 1.44. The number of benzene rings is 2.